The van der Waals surface area contributed by atoms with Crippen LogP contribution < -0.4 is 0 Å². The molecule has 2 rings (SSSR count). The number of benzene rings is 2. The van der Waals surface area contributed by atoms with Crippen LogP contribution in [-0.2, 0) is 6.61 Å². The average Bonchev–Trinajstić information content (AvgIpc) is 2.61. The van der Waals surface area contributed by atoms with E-state index in [9.17, 15) is 4.79 Å². The van der Waals surface area contributed by atoms with Crippen molar-refractivity contribution in [1.82, 2.24) is 4.90 Å². The van der Waals surface area contributed by atoms with Gasteiger partial charge in [0, 0.05) is 17.7 Å². The molecule has 0 atom stereocenters. The number of hydrogen-bond acceptors (Lipinski definition) is 2. The fraction of sp³-hybridized carbons (Fsp3) is 0.250. The Morgan fingerprint density at radius 1 is 1.09 bits per heavy atom. The van der Waals surface area contributed by atoms with Gasteiger partial charge in [-0.2, -0.15) is 0 Å². The lowest BCUT2D eigenvalue weighted by molar-refractivity contribution is 0.0777. The first-order valence-corrected chi connectivity index (χ1v) is 7.77. The zero-order valence-corrected chi connectivity index (χ0v) is 13.3. The van der Waals surface area contributed by atoms with Crippen LogP contribution in [-0.4, -0.2) is 29.0 Å². The fourth-order valence-corrected chi connectivity index (χ4v) is 2.22. The minimum Gasteiger partial charge on any atom is -0.392 e. The van der Waals surface area contributed by atoms with Crippen LogP contribution in [0, 0.1) is 11.8 Å². The highest BCUT2D eigenvalue weighted by Crippen LogP contribution is 2.08. The zero-order chi connectivity index (χ0) is 16.5. The predicted molar refractivity (Wildman–Crippen MR) is 91.9 cm³/mol. The third-order valence-corrected chi connectivity index (χ3v) is 3.44. The van der Waals surface area contributed by atoms with Crippen LogP contribution >= 0.6 is 0 Å². The molecule has 23 heavy (non-hydrogen) atoms. The minimum absolute atomic E-state index is 0.0182. The summed E-state index contributed by atoms with van der Waals surface area (Å²) in [7, 11) is 0. The van der Waals surface area contributed by atoms with Crippen molar-refractivity contribution in [2.45, 2.75) is 20.0 Å². The third-order valence-electron chi connectivity index (χ3n) is 3.44. The van der Waals surface area contributed by atoms with E-state index >= 15 is 0 Å². The van der Waals surface area contributed by atoms with Gasteiger partial charge in [-0.1, -0.05) is 49.1 Å². The summed E-state index contributed by atoms with van der Waals surface area (Å²) in [5, 5.41) is 9.07. The molecule has 0 saturated heterocycles. The average molecular weight is 307 g/mol. The lowest BCUT2D eigenvalue weighted by atomic mass is 10.1. The van der Waals surface area contributed by atoms with Gasteiger partial charge in [-0.15, -0.1) is 0 Å². The Morgan fingerprint density at radius 3 is 2.39 bits per heavy atom. The lowest BCUT2D eigenvalue weighted by Gasteiger charge is -2.19. The van der Waals surface area contributed by atoms with Crippen LogP contribution in [0.3, 0.4) is 0 Å². The molecule has 118 valence electrons. The summed E-state index contributed by atoms with van der Waals surface area (Å²) >= 11 is 0. The van der Waals surface area contributed by atoms with E-state index < -0.39 is 0 Å². The molecule has 1 N–H and O–H groups in total. The zero-order valence-electron chi connectivity index (χ0n) is 13.3. The highest BCUT2D eigenvalue weighted by Gasteiger charge is 2.13. The molecule has 2 aromatic rings. The van der Waals surface area contributed by atoms with Gasteiger partial charge >= 0.3 is 0 Å². The van der Waals surface area contributed by atoms with Crippen molar-refractivity contribution >= 4 is 5.91 Å². The van der Waals surface area contributed by atoms with Gasteiger partial charge in [0.2, 0.25) is 0 Å². The normalized spacial score (nSPS) is 9.83. The first-order valence-electron chi connectivity index (χ1n) is 7.77. The molecule has 0 spiro atoms. The molecule has 0 unspecified atom stereocenters. The van der Waals surface area contributed by atoms with Crippen molar-refractivity contribution in [3.8, 4) is 11.8 Å². The monoisotopic (exact) mass is 307 g/mol. The quantitative estimate of drug-likeness (QED) is 0.862. The predicted octanol–water partition coefficient (Wildman–Crippen LogP) is 3.08. The Morgan fingerprint density at radius 2 is 1.78 bits per heavy atom. The van der Waals surface area contributed by atoms with Crippen molar-refractivity contribution in [3.63, 3.8) is 0 Å². The Kier molecular flexibility index (Phi) is 6.40. The Hall–Kier alpha value is -2.57. The molecule has 3 nitrogen and oxygen atoms in total. The highest BCUT2D eigenvalue weighted by atomic mass is 16.3. The van der Waals surface area contributed by atoms with Gasteiger partial charge in [0.05, 0.1) is 13.2 Å². The summed E-state index contributed by atoms with van der Waals surface area (Å²) in [4.78, 5) is 14.3. The maximum absolute atomic E-state index is 12.6. The smallest absolute Gasteiger partial charge is 0.254 e. The third kappa shape index (κ3) is 4.98. The van der Waals surface area contributed by atoms with Gasteiger partial charge in [0.1, 0.15) is 0 Å². The molecular formula is C20H21NO2. The Balaban J connectivity index is 2.07. The fourth-order valence-electron chi connectivity index (χ4n) is 2.22. The molecule has 0 aliphatic rings. The Bertz CT molecular complexity index is 681. The summed E-state index contributed by atoms with van der Waals surface area (Å²) in [6.45, 7) is 3.10. The molecule has 0 fully saturated rings. The molecule has 0 aliphatic carbocycles. The molecule has 1 amide bonds. The number of carbonyl (C=O) groups excluding carboxylic acids is 1. The van der Waals surface area contributed by atoms with E-state index in [2.05, 4.69) is 11.8 Å². The number of aliphatic hydroxyl groups is 1. The lowest BCUT2D eigenvalue weighted by Crippen LogP contribution is -2.32. The van der Waals surface area contributed by atoms with Gasteiger partial charge in [-0.3, -0.25) is 4.79 Å². The molecule has 0 aromatic heterocycles. The number of amides is 1. The van der Waals surface area contributed by atoms with Crippen molar-refractivity contribution in [2.24, 2.45) is 0 Å². The Labute approximate surface area is 137 Å². The van der Waals surface area contributed by atoms with Crippen LogP contribution in [0.25, 0.3) is 0 Å². The van der Waals surface area contributed by atoms with Crippen LogP contribution in [0.4, 0.5) is 0 Å². The number of rotatable bonds is 5. The molecule has 0 aliphatic heterocycles. The first-order chi connectivity index (χ1) is 11.2. The van der Waals surface area contributed by atoms with Crippen LogP contribution in [0.5, 0.6) is 0 Å². The molecule has 0 radical (unpaired) electrons. The largest absolute Gasteiger partial charge is 0.392 e. The van der Waals surface area contributed by atoms with E-state index in [1.807, 2.05) is 37.3 Å². The molecule has 3 heteroatoms. The number of hydrogen-bond donors (Lipinski definition) is 1. The molecular weight excluding hydrogens is 286 g/mol. The maximum Gasteiger partial charge on any atom is 0.254 e. The van der Waals surface area contributed by atoms with E-state index in [0.29, 0.717) is 18.7 Å². The highest BCUT2D eigenvalue weighted by molar-refractivity contribution is 5.94. The van der Waals surface area contributed by atoms with Gasteiger partial charge < -0.3 is 10.0 Å². The summed E-state index contributed by atoms with van der Waals surface area (Å²) in [6.07, 6.45) is 0.882. The molecule has 2 aromatic carbocycles. The summed E-state index contributed by atoms with van der Waals surface area (Å²) in [5.74, 6) is 6.13. The summed E-state index contributed by atoms with van der Waals surface area (Å²) < 4.78 is 0. The van der Waals surface area contributed by atoms with Crippen molar-refractivity contribution in [3.05, 3.63) is 71.3 Å². The number of carbonyl (C=O) groups is 1. The molecule has 0 saturated carbocycles. The van der Waals surface area contributed by atoms with E-state index in [0.717, 1.165) is 17.5 Å². The second-order valence-electron chi connectivity index (χ2n) is 5.25. The number of aliphatic hydroxyl groups excluding tert-OH is 1. The van der Waals surface area contributed by atoms with Crippen LogP contribution in [0.15, 0.2) is 54.6 Å². The van der Waals surface area contributed by atoms with Crippen molar-refractivity contribution in [2.75, 3.05) is 13.1 Å². The van der Waals surface area contributed by atoms with Crippen molar-refractivity contribution < 1.29 is 9.90 Å². The summed E-state index contributed by atoms with van der Waals surface area (Å²) in [6, 6.07) is 16.8. The van der Waals surface area contributed by atoms with Crippen LogP contribution in [0.2, 0.25) is 0 Å². The van der Waals surface area contributed by atoms with Gasteiger partial charge in [-0.25, -0.2) is 0 Å². The van der Waals surface area contributed by atoms with E-state index in [-0.39, 0.29) is 12.5 Å². The van der Waals surface area contributed by atoms with E-state index in [1.165, 1.54) is 0 Å². The van der Waals surface area contributed by atoms with Gasteiger partial charge in [0.25, 0.3) is 5.91 Å². The summed E-state index contributed by atoms with van der Waals surface area (Å²) in [5.41, 5.74) is 2.37. The SMILES string of the molecule is CCCN(CC#Cc1ccccc1)C(=O)c1ccc(CO)cc1. The minimum atomic E-state index is -0.0290. The standard InChI is InChI=1S/C20H21NO2/c1-2-14-21(15-6-9-17-7-4-3-5-8-17)20(23)19-12-10-18(16-22)11-13-19/h3-5,7-8,10-13,22H,2,14-16H2,1H3. The second kappa shape index (κ2) is 8.77. The maximum atomic E-state index is 12.6. The van der Waals surface area contributed by atoms with Crippen LogP contribution in [0.1, 0.15) is 34.8 Å². The second-order valence-corrected chi connectivity index (χ2v) is 5.25. The van der Waals surface area contributed by atoms with Gasteiger partial charge in [-0.05, 0) is 36.2 Å². The number of nitrogens with zero attached hydrogens (tertiary/aromatic N) is 1. The van der Waals surface area contributed by atoms with E-state index in [1.54, 1.807) is 29.2 Å². The topological polar surface area (TPSA) is 40.5 Å². The van der Waals surface area contributed by atoms with E-state index in [4.69, 9.17) is 5.11 Å². The first kappa shape index (κ1) is 16.8. The molecule has 0 heterocycles. The van der Waals surface area contributed by atoms with Gasteiger partial charge in [0.15, 0.2) is 0 Å². The molecule has 0 bridgehead atoms. The van der Waals surface area contributed by atoms with Crippen molar-refractivity contribution in [1.29, 1.82) is 0 Å².